The summed E-state index contributed by atoms with van der Waals surface area (Å²) in [5.74, 6) is -0.113. The Kier molecular flexibility index (Phi) is 5.53. The lowest BCUT2D eigenvalue weighted by atomic mass is 10.2. The average molecular weight is 389 g/mol. The topological polar surface area (TPSA) is 62.1 Å². The second-order valence-corrected chi connectivity index (χ2v) is 9.05. The maximum atomic E-state index is 13.0. The molecule has 1 aliphatic heterocycles. The molecule has 0 spiro atoms. The number of carbonyl (C=O) groups is 1. The molecule has 0 atom stereocenters. The van der Waals surface area contributed by atoms with Crippen LogP contribution in [0.3, 0.4) is 0 Å². The highest BCUT2D eigenvalue weighted by molar-refractivity contribution is 7.92. The van der Waals surface area contributed by atoms with Gasteiger partial charge in [-0.1, -0.05) is 23.8 Å². The fourth-order valence-corrected chi connectivity index (χ4v) is 4.36. The predicted molar refractivity (Wildman–Crippen MR) is 106 cm³/mol. The number of hydrogen-bond donors (Lipinski definition) is 1. The summed E-state index contributed by atoms with van der Waals surface area (Å²) >= 11 is 0. The second kappa shape index (κ2) is 7.70. The zero-order valence-electron chi connectivity index (χ0n) is 16.0. The Morgan fingerprint density at radius 3 is 2.33 bits per heavy atom. The molecule has 0 aliphatic carbocycles. The number of rotatable bonds is 4. The van der Waals surface area contributed by atoms with Crippen molar-refractivity contribution < 1.29 is 18.1 Å². The van der Waals surface area contributed by atoms with Crippen molar-refractivity contribution in [3.05, 3.63) is 59.7 Å². The normalized spacial score (nSPS) is 15.6. The summed E-state index contributed by atoms with van der Waals surface area (Å²) in [4.78, 5) is 16.1. The average Bonchev–Trinajstić information content (AvgIpc) is 2.68. The van der Waals surface area contributed by atoms with E-state index in [1.807, 2.05) is 19.1 Å². The van der Waals surface area contributed by atoms with Crippen LogP contribution in [0.2, 0.25) is 0 Å². The van der Waals surface area contributed by atoms with E-state index >= 15 is 0 Å². The summed E-state index contributed by atoms with van der Waals surface area (Å²) in [7, 11) is -0.109. The van der Waals surface area contributed by atoms with E-state index < -0.39 is 10.0 Å². The number of carbonyl (C=O) groups excluding carboxylic acids is 1. The lowest BCUT2D eigenvalue weighted by molar-refractivity contribution is -0.883. The summed E-state index contributed by atoms with van der Waals surface area (Å²) < 4.78 is 27.3. The maximum absolute atomic E-state index is 13.0. The van der Waals surface area contributed by atoms with Gasteiger partial charge in [0.1, 0.15) is 0 Å². The molecule has 2 aromatic rings. The quantitative estimate of drug-likeness (QED) is 0.843. The molecule has 1 amide bonds. The van der Waals surface area contributed by atoms with Gasteiger partial charge < -0.3 is 9.80 Å². The molecule has 1 aliphatic rings. The Balaban J connectivity index is 1.85. The van der Waals surface area contributed by atoms with Gasteiger partial charge in [-0.25, -0.2) is 8.42 Å². The van der Waals surface area contributed by atoms with E-state index in [-0.39, 0.29) is 10.8 Å². The molecule has 6 nitrogen and oxygen atoms in total. The summed E-state index contributed by atoms with van der Waals surface area (Å²) in [6, 6.07) is 13.6. The van der Waals surface area contributed by atoms with E-state index in [0.717, 1.165) is 18.7 Å². The zero-order valence-corrected chi connectivity index (χ0v) is 16.8. The van der Waals surface area contributed by atoms with Gasteiger partial charge in [-0.2, -0.15) is 0 Å². The third-order valence-corrected chi connectivity index (χ3v) is 6.82. The number of likely N-dealkylation sites (N-methyl/N-ethyl adjacent to an activating group) is 1. The van der Waals surface area contributed by atoms with E-state index in [0.29, 0.717) is 24.3 Å². The number of sulfonamides is 1. The largest absolute Gasteiger partial charge is 0.334 e. The monoisotopic (exact) mass is 388 g/mol. The Hall–Kier alpha value is -2.38. The highest BCUT2D eigenvalue weighted by Gasteiger charge is 2.25. The molecular formula is C20H26N3O3S+. The molecule has 1 heterocycles. The molecule has 0 radical (unpaired) electrons. The molecule has 1 fully saturated rings. The van der Waals surface area contributed by atoms with Gasteiger partial charge >= 0.3 is 0 Å². The number of benzene rings is 2. The van der Waals surface area contributed by atoms with E-state index in [2.05, 4.69) is 7.05 Å². The van der Waals surface area contributed by atoms with Crippen LogP contribution in [-0.4, -0.2) is 59.5 Å². The van der Waals surface area contributed by atoms with Crippen LogP contribution in [0.1, 0.15) is 15.9 Å². The third kappa shape index (κ3) is 4.14. The Labute approximate surface area is 161 Å². The molecule has 0 bridgehead atoms. The summed E-state index contributed by atoms with van der Waals surface area (Å²) in [5, 5.41) is 0. The van der Waals surface area contributed by atoms with Crippen molar-refractivity contribution in [3.63, 3.8) is 0 Å². The van der Waals surface area contributed by atoms with E-state index in [1.165, 1.54) is 28.4 Å². The minimum absolute atomic E-state index is 0.113. The van der Waals surface area contributed by atoms with Crippen molar-refractivity contribution >= 4 is 21.6 Å². The maximum Gasteiger partial charge on any atom is 0.264 e. The number of nitrogens with one attached hydrogen (secondary N) is 1. The number of piperazine rings is 1. The summed E-state index contributed by atoms with van der Waals surface area (Å²) in [6.45, 7) is 5.13. The molecule has 3 rings (SSSR count). The Morgan fingerprint density at radius 2 is 1.70 bits per heavy atom. The van der Waals surface area contributed by atoms with Gasteiger partial charge in [-0.05, 0) is 37.3 Å². The minimum atomic E-state index is -3.74. The van der Waals surface area contributed by atoms with Crippen LogP contribution in [0.4, 0.5) is 5.69 Å². The molecule has 1 N–H and O–H groups in total. The predicted octanol–water partition coefficient (Wildman–Crippen LogP) is 0.791. The summed E-state index contributed by atoms with van der Waals surface area (Å²) in [5.41, 5.74) is 2.05. The van der Waals surface area contributed by atoms with Crippen molar-refractivity contribution in [2.75, 3.05) is 44.6 Å². The Morgan fingerprint density at radius 1 is 1.07 bits per heavy atom. The minimum Gasteiger partial charge on any atom is -0.334 e. The van der Waals surface area contributed by atoms with Crippen LogP contribution in [0.5, 0.6) is 0 Å². The number of amides is 1. The summed E-state index contributed by atoms with van der Waals surface area (Å²) in [6.07, 6.45) is 0. The van der Waals surface area contributed by atoms with Gasteiger partial charge in [-0.3, -0.25) is 9.10 Å². The van der Waals surface area contributed by atoms with Crippen LogP contribution in [0, 0.1) is 6.92 Å². The standard InChI is InChI=1S/C20H25N3O3S/c1-16-7-9-18(10-8-16)22(3)27(25,26)19-6-4-5-17(15-19)20(24)23-13-11-21(2)12-14-23/h4-10,15H,11-14H2,1-3H3/p+1. The molecule has 7 heteroatoms. The lowest BCUT2D eigenvalue weighted by Gasteiger charge is -2.30. The molecular weight excluding hydrogens is 362 g/mol. The van der Waals surface area contributed by atoms with Gasteiger partial charge in [0.05, 0.1) is 43.8 Å². The first-order valence-electron chi connectivity index (χ1n) is 9.05. The molecule has 144 valence electrons. The van der Waals surface area contributed by atoms with Gasteiger partial charge in [0.15, 0.2) is 0 Å². The fraction of sp³-hybridized carbons (Fsp3) is 0.350. The number of anilines is 1. The highest BCUT2D eigenvalue weighted by atomic mass is 32.2. The smallest absolute Gasteiger partial charge is 0.264 e. The molecule has 0 aromatic heterocycles. The Bertz CT molecular complexity index is 918. The number of aryl methyl sites for hydroxylation is 1. The number of nitrogens with zero attached hydrogens (tertiary/aromatic N) is 2. The van der Waals surface area contributed by atoms with Gasteiger partial charge in [0, 0.05) is 12.6 Å². The van der Waals surface area contributed by atoms with Gasteiger partial charge in [-0.15, -0.1) is 0 Å². The van der Waals surface area contributed by atoms with E-state index in [4.69, 9.17) is 0 Å². The molecule has 2 aromatic carbocycles. The van der Waals surface area contributed by atoms with Gasteiger partial charge in [0.2, 0.25) is 0 Å². The lowest BCUT2D eigenvalue weighted by Crippen LogP contribution is -3.12. The van der Waals surface area contributed by atoms with Crippen molar-refractivity contribution in [2.45, 2.75) is 11.8 Å². The van der Waals surface area contributed by atoms with Gasteiger partial charge in [0.25, 0.3) is 15.9 Å². The van der Waals surface area contributed by atoms with Crippen LogP contribution in [0.25, 0.3) is 0 Å². The van der Waals surface area contributed by atoms with Crippen LogP contribution in [-0.2, 0) is 10.0 Å². The first-order chi connectivity index (χ1) is 12.8. The second-order valence-electron chi connectivity index (χ2n) is 7.09. The number of quaternary nitrogens is 1. The van der Waals surface area contributed by atoms with Crippen molar-refractivity contribution in [2.24, 2.45) is 0 Å². The third-order valence-electron chi connectivity index (χ3n) is 5.04. The SMILES string of the molecule is Cc1ccc(N(C)S(=O)(=O)c2cccc(C(=O)N3CC[NH+](C)CC3)c2)cc1. The van der Waals surface area contributed by atoms with Crippen LogP contribution < -0.4 is 9.21 Å². The van der Waals surface area contributed by atoms with Crippen molar-refractivity contribution in [3.8, 4) is 0 Å². The van der Waals surface area contributed by atoms with Crippen LogP contribution in [0.15, 0.2) is 53.4 Å². The van der Waals surface area contributed by atoms with Crippen molar-refractivity contribution in [1.82, 2.24) is 4.90 Å². The molecule has 27 heavy (non-hydrogen) atoms. The molecule has 0 unspecified atom stereocenters. The molecule has 1 saturated heterocycles. The van der Waals surface area contributed by atoms with Crippen LogP contribution >= 0.6 is 0 Å². The fourth-order valence-electron chi connectivity index (χ4n) is 3.12. The highest BCUT2D eigenvalue weighted by Crippen LogP contribution is 2.23. The van der Waals surface area contributed by atoms with E-state index in [1.54, 1.807) is 29.2 Å². The number of hydrogen-bond acceptors (Lipinski definition) is 3. The zero-order chi connectivity index (χ0) is 19.6. The first-order valence-corrected chi connectivity index (χ1v) is 10.5. The molecule has 0 saturated carbocycles. The van der Waals surface area contributed by atoms with Crippen molar-refractivity contribution in [1.29, 1.82) is 0 Å². The van der Waals surface area contributed by atoms with E-state index in [9.17, 15) is 13.2 Å². The first kappa shape index (κ1) is 19.4.